The summed E-state index contributed by atoms with van der Waals surface area (Å²) in [4.78, 5) is 0. The average molecular weight is 217 g/mol. The minimum absolute atomic E-state index is 0.492. The lowest BCUT2D eigenvalue weighted by atomic mass is 9.97. The second kappa shape index (κ2) is 7.24. The number of allylic oxidation sites excluding steroid dienone is 1. The van der Waals surface area contributed by atoms with Crippen molar-refractivity contribution in [1.29, 1.82) is 0 Å². The van der Waals surface area contributed by atoms with Gasteiger partial charge in [0.1, 0.15) is 0 Å². The first-order valence-corrected chi connectivity index (χ1v) is 6.19. The Balaban J connectivity index is 2.68. The molecule has 0 fully saturated rings. The molecule has 88 valence electrons. The van der Waals surface area contributed by atoms with E-state index in [9.17, 15) is 0 Å². The molecular formula is C15H23N. The molecule has 0 spiro atoms. The summed E-state index contributed by atoms with van der Waals surface area (Å²) in [5, 5.41) is 3.56. The molecule has 16 heavy (non-hydrogen) atoms. The van der Waals surface area contributed by atoms with Crippen LogP contribution in [0, 0.1) is 6.92 Å². The Hall–Kier alpha value is -1.08. The molecule has 1 nitrogen and oxygen atoms in total. The van der Waals surface area contributed by atoms with Crippen LogP contribution in [0.1, 0.15) is 43.4 Å². The van der Waals surface area contributed by atoms with Gasteiger partial charge in [-0.3, -0.25) is 0 Å². The highest BCUT2D eigenvalue weighted by Gasteiger charge is 2.11. The van der Waals surface area contributed by atoms with E-state index < -0.39 is 0 Å². The van der Waals surface area contributed by atoms with Gasteiger partial charge in [0.25, 0.3) is 0 Å². The Labute approximate surface area is 99.6 Å². The highest BCUT2D eigenvalue weighted by atomic mass is 14.9. The second-order valence-electron chi connectivity index (χ2n) is 4.19. The zero-order valence-electron chi connectivity index (χ0n) is 10.5. The molecule has 1 unspecified atom stereocenters. The van der Waals surface area contributed by atoms with E-state index in [1.54, 1.807) is 0 Å². The fourth-order valence-electron chi connectivity index (χ4n) is 2.06. The highest BCUT2D eigenvalue weighted by molar-refractivity contribution is 5.28. The Morgan fingerprint density at radius 1 is 1.38 bits per heavy atom. The van der Waals surface area contributed by atoms with Crippen LogP contribution >= 0.6 is 0 Å². The maximum Gasteiger partial charge on any atom is 0.0322 e. The van der Waals surface area contributed by atoms with Gasteiger partial charge in [0, 0.05) is 6.04 Å². The van der Waals surface area contributed by atoms with Gasteiger partial charge in [0.05, 0.1) is 0 Å². The molecule has 1 heteroatoms. The van der Waals surface area contributed by atoms with Crippen molar-refractivity contribution in [3.8, 4) is 0 Å². The molecule has 0 saturated carbocycles. The molecule has 1 rings (SSSR count). The summed E-state index contributed by atoms with van der Waals surface area (Å²) >= 11 is 0. The summed E-state index contributed by atoms with van der Waals surface area (Å²) in [7, 11) is 0. The molecule has 1 atom stereocenters. The molecule has 1 aromatic rings. The predicted molar refractivity (Wildman–Crippen MR) is 71.6 cm³/mol. The lowest BCUT2D eigenvalue weighted by Gasteiger charge is -2.20. The molecule has 0 aliphatic rings. The van der Waals surface area contributed by atoms with Gasteiger partial charge >= 0.3 is 0 Å². The van der Waals surface area contributed by atoms with E-state index in [1.807, 2.05) is 6.08 Å². The Kier molecular flexibility index (Phi) is 5.87. The van der Waals surface area contributed by atoms with E-state index in [0.717, 1.165) is 13.0 Å². The van der Waals surface area contributed by atoms with Crippen molar-refractivity contribution in [2.45, 2.75) is 39.2 Å². The first-order valence-electron chi connectivity index (χ1n) is 6.19. The topological polar surface area (TPSA) is 12.0 Å². The fourth-order valence-corrected chi connectivity index (χ4v) is 2.06. The van der Waals surface area contributed by atoms with E-state index in [-0.39, 0.29) is 0 Å². The van der Waals surface area contributed by atoms with E-state index in [0.29, 0.717) is 6.04 Å². The molecule has 1 aromatic carbocycles. The number of rotatable bonds is 7. The largest absolute Gasteiger partial charge is 0.310 e. The lowest BCUT2D eigenvalue weighted by Crippen LogP contribution is -2.21. The molecule has 0 bridgehead atoms. The van der Waals surface area contributed by atoms with Crippen molar-refractivity contribution in [3.63, 3.8) is 0 Å². The summed E-state index contributed by atoms with van der Waals surface area (Å²) in [6.07, 6.45) is 5.49. The van der Waals surface area contributed by atoms with Crippen LogP contribution in [0.5, 0.6) is 0 Å². The molecule has 0 saturated heterocycles. The van der Waals surface area contributed by atoms with E-state index in [4.69, 9.17) is 0 Å². The summed E-state index contributed by atoms with van der Waals surface area (Å²) < 4.78 is 0. The third-order valence-electron chi connectivity index (χ3n) is 2.92. The van der Waals surface area contributed by atoms with Crippen molar-refractivity contribution in [1.82, 2.24) is 5.32 Å². The number of benzene rings is 1. The van der Waals surface area contributed by atoms with Crippen molar-refractivity contribution in [2.75, 3.05) is 6.54 Å². The van der Waals surface area contributed by atoms with Gasteiger partial charge in [-0.25, -0.2) is 0 Å². The van der Waals surface area contributed by atoms with Gasteiger partial charge in [0.2, 0.25) is 0 Å². The highest BCUT2D eigenvalue weighted by Crippen LogP contribution is 2.22. The lowest BCUT2D eigenvalue weighted by molar-refractivity contribution is 0.498. The third-order valence-corrected chi connectivity index (χ3v) is 2.92. The first-order chi connectivity index (χ1) is 7.79. The van der Waals surface area contributed by atoms with E-state index in [2.05, 4.69) is 50.0 Å². The predicted octanol–water partition coefficient (Wildman–Crippen LogP) is 4.00. The molecule has 0 amide bonds. The number of aryl methyl sites for hydroxylation is 1. The van der Waals surface area contributed by atoms with Crippen LogP contribution in [0.25, 0.3) is 0 Å². The van der Waals surface area contributed by atoms with Gasteiger partial charge in [-0.15, -0.1) is 6.58 Å². The number of hydrogen-bond donors (Lipinski definition) is 1. The van der Waals surface area contributed by atoms with E-state index >= 15 is 0 Å². The number of nitrogens with one attached hydrogen (secondary N) is 1. The number of hydrogen-bond acceptors (Lipinski definition) is 1. The van der Waals surface area contributed by atoms with Crippen LogP contribution in [-0.2, 0) is 0 Å². The molecule has 0 aromatic heterocycles. The zero-order valence-corrected chi connectivity index (χ0v) is 10.5. The smallest absolute Gasteiger partial charge is 0.0322 e. The second-order valence-corrected chi connectivity index (χ2v) is 4.19. The SMILES string of the molecule is C=CCCCC(NCC)c1ccccc1C. The molecule has 0 aliphatic carbocycles. The summed E-state index contributed by atoms with van der Waals surface area (Å²) in [5.41, 5.74) is 2.82. The maximum absolute atomic E-state index is 3.77. The average Bonchev–Trinajstić information content (AvgIpc) is 2.29. The van der Waals surface area contributed by atoms with Gasteiger partial charge in [0.15, 0.2) is 0 Å². The Morgan fingerprint density at radius 3 is 2.75 bits per heavy atom. The third kappa shape index (κ3) is 3.82. The van der Waals surface area contributed by atoms with Gasteiger partial charge in [-0.05, 0) is 43.9 Å². The monoisotopic (exact) mass is 217 g/mol. The molecule has 1 N–H and O–H groups in total. The van der Waals surface area contributed by atoms with Crippen LogP contribution in [0.15, 0.2) is 36.9 Å². The van der Waals surface area contributed by atoms with E-state index in [1.165, 1.54) is 24.0 Å². The van der Waals surface area contributed by atoms with Gasteiger partial charge in [-0.2, -0.15) is 0 Å². The van der Waals surface area contributed by atoms with Crippen LogP contribution in [0.4, 0.5) is 0 Å². The summed E-state index contributed by atoms with van der Waals surface area (Å²) in [6, 6.07) is 9.14. The minimum Gasteiger partial charge on any atom is -0.310 e. The van der Waals surface area contributed by atoms with Crippen molar-refractivity contribution >= 4 is 0 Å². The number of unbranched alkanes of at least 4 members (excludes halogenated alkanes) is 1. The van der Waals surface area contributed by atoms with Crippen LogP contribution in [0.3, 0.4) is 0 Å². The summed E-state index contributed by atoms with van der Waals surface area (Å²) in [6.45, 7) is 9.15. The zero-order chi connectivity index (χ0) is 11.8. The van der Waals surface area contributed by atoms with Crippen LogP contribution < -0.4 is 5.32 Å². The molecule has 0 aliphatic heterocycles. The Bertz CT molecular complexity index is 317. The quantitative estimate of drug-likeness (QED) is 0.537. The molecule has 0 heterocycles. The summed E-state index contributed by atoms with van der Waals surface area (Å²) in [5.74, 6) is 0. The maximum atomic E-state index is 3.77. The molecule has 0 radical (unpaired) electrons. The van der Waals surface area contributed by atoms with Crippen molar-refractivity contribution in [2.24, 2.45) is 0 Å². The van der Waals surface area contributed by atoms with Crippen molar-refractivity contribution in [3.05, 3.63) is 48.0 Å². The normalized spacial score (nSPS) is 12.4. The Morgan fingerprint density at radius 2 is 2.12 bits per heavy atom. The van der Waals surface area contributed by atoms with Crippen LogP contribution in [0.2, 0.25) is 0 Å². The minimum atomic E-state index is 0.492. The van der Waals surface area contributed by atoms with Crippen LogP contribution in [-0.4, -0.2) is 6.54 Å². The fraction of sp³-hybridized carbons (Fsp3) is 0.467. The standard InChI is InChI=1S/C15H23N/c1-4-6-7-12-15(16-5-2)14-11-9-8-10-13(14)3/h4,8-11,15-16H,1,5-7,12H2,2-3H3. The first kappa shape index (κ1) is 13.0. The van der Waals surface area contributed by atoms with Gasteiger partial charge in [-0.1, -0.05) is 37.3 Å². The van der Waals surface area contributed by atoms with Crippen molar-refractivity contribution < 1.29 is 0 Å². The molecular weight excluding hydrogens is 194 g/mol. The van der Waals surface area contributed by atoms with Gasteiger partial charge < -0.3 is 5.32 Å².